The maximum absolute atomic E-state index is 11.4. The van der Waals surface area contributed by atoms with E-state index in [-0.39, 0.29) is 24.9 Å². The minimum Gasteiger partial charge on any atom is -0.338 e. The van der Waals surface area contributed by atoms with Crippen molar-refractivity contribution in [1.82, 2.24) is 15.3 Å². The van der Waals surface area contributed by atoms with Crippen LogP contribution >= 0.6 is 11.6 Å². The van der Waals surface area contributed by atoms with Gasteiger partial charge < -0.3 is 4.90 Å². The van der Waals surface area contributed by atoms with Crippen LogP contribution in [0.5, 0.6) is 0 Å². The average Bonchev–Trinajstić information content (AvgIpc) is 2.32. The molecule has 1 aliphatic heterocycles. The van der Waals surface area contributed by atoms with Crippen LogP contribution in [0, 0.1) is 6.92 Å². The number of amides is 2. The molecule has 1 saturated heterocycles. The molecule has 6 nitrogen and oxygen atoms in total. The third-order valence-electron chi connectivity index (χ3n) is 2.83. The maximum Gasteiger partial charge on any atom is 0.246 e. The SMILES string of the molecule is CCCc1nc(Cl)c(C)c(N2CC(=O)NC(=O)C2)n1. The Bertz CT molecular complexity index is 517. The first-order valence-electron chi connectivity index (χ1n) is 6.12. The molecule has 0 aliphatic carbocycles. The fraction of sp³-hybridized carbons (Fsp3) is 0.500. The lowest BCUT2D eigenvalue weighted by atomic mass is 10.2. The zero-order valence-corrected chi connectivity index (χ0v) is 11.6. The number of hydrogen-bond acceptors (Lipinski definition) is 5. The molecule has 0 aromatic carbocycles. The zero-order valence-electron chi connectivity index (χ0n) is 10.9. The highest BCUT2D eigenvalue weighted by molar-refractivity contribution is 6.30. The number of halogens is 1. The van der Waals surface area contributed by atoms with Crippen molar-refractivity contribution in [2.75, 3.05) is 18.0 Å². The van der Waals surface area contributed by atoms with Gasteiger partial charge in [-0.05, 0) is 13.3 Å². The van der Waals surface area contributed by atoms with Gasteiger partial charge in [-0.2, -0.15) is 0 Å². The van der Waals surface area contributed by atoms with Gasteiger partial charge >= 0.3 is 0 Å². The van der Waals surface area contributed by atoms with Gasteiger partial charge in [0, 0.05) is 12.0 Å². The predicted octanol–water partition coefficient (Wildman–Crippen LogP) is 0.854. The summed E-state index contributed by atoms with van der Waals surface area (Å²) in [5.74, 6) is 0.531. The molecule has 1 aromatic rings. The number of imide groups is 1. The summed E-state index contributed by atoms with van der Waals surface area (Å²) in [5.41, 5.74) is 0.684. The Kier molecular flexibility index (Phi) is 3.99. The molecule has 102 valence electrons. The Hall–Kier alpha value is -1.69. The van der Waals surface area contributed by atoms with Crippen LogP contribution in [-0.2, 0) is 16.0 Å². The van der Waals surface area contributed by atoms with Crippen LogP contribution in [-0.4, -0.2) is 34.9 Å². The van der Waals surface area contributed by atoms with Crippen molar-refractivity contribution >= 4 is 29.2 Å². The number of hydrogen-bond donors (Lipinski definition) is 1. The molecule has 2 heterocycles. The van der Waals surface area contributed by atoms with Gasteiger partial charge in [-0.15, -0.1) is 0 Å². The first-order chi connectivity index (χ1) is 9.01. The Morgan fingerprint density at radius 3 is 2.47 bits per heavy atom. The molecule has 1 N–H and O–H groups in total. The Morgan fingerprint density at radius 1 is 1.26 bits per heavy atom. The number of nitrogens with one attached hydrogen (secondary N) is 1. The van der Waals surface area contributed by atoms with E-state index in [0.29, 0.717) is 28.8 Å². The van der Waals surface area contributed by atoms with Crippen LogP contribution in [0.25, 0.3) is 0 Å². The van der Waals surface area contributed by atoms with E-state index in [0.717, 1.165) is 6.42 Å². The van der Waals surface area contributed by atoms with Gasteiger partial charge in [0.15, 0.2) is 0 Å². The molecular formula is C12H15ClN4O2. The second kappa shape index (κ2) is 5.52. The summed E-state index contributed by atoms with van der Waals surface area (Å²) >= 11 is 6.08. The van der Waals surface area contributed by atoms with E-state index in [4.69, 9.17) is 11.6 Å². The zero-order chi connectivity index (χ0) is 14.0. The quantitative estimate of drug-likeness (QED) is 0.657. The molecule has 7 heteroatoms. The smallest absolute Gasteiger partial charge is 0.246 e. The van der Waals surface area contributed by atoms with E-state index in [2.05, 4.69) is 15.3 Å². The van der Waals surface area contributed by atoms with Crippen molar-refractivity contribution in [3.63, 3.8) is 0 Å². The van der Waals surface area contributed by atoms with Crippen molar-refractivity contribution in [1.29, 1.82) is 0 Å². The molecule has 1 fully saturated rings. The normalized spacial score (nSPS) is 15.6. The molecule has 0 unspecified atom stereocenters. The lowest BCUT2D eigenvalue weighted by Crippen LogP contribution is -2.52. The summed E-state index contributed by atoms with van der Waals surface area (Å²) in [5, 5.41) is 2.62. The first-order valence-corrected chi connectivity index (χ1v) is 6.49. The summed E-state index contributed by atoms with van der Waals surface area (Å²) in [6.45, 7) is 4.01. The molecule has 0 radical (unpaired) electrons. The van der Waals surface area contributed by atoms with Gasteiger partial charge in [-0.1, -0.05) is 18.5 Å². The number of aromatic nitrogens is 2. The number of rotatable bonds is 3. The van der Waals surface area contributed by atoms with Gasteiger partial charge in [0.2, 0.25) is 11.8 Å². The van der Waals surface area contributed by atoms with E-state index in [9.17, 15) is 9.59 Å². The van der Waals surface area contributed by atoms with E-state index in [1.807, 2.05) is 6.92 Å². The Balaban J connectivity index is 2.37. The Morgan fingerprint density at radius 2 is 1.89 bits per heavy atom. The van der Waals surface area contributed by atoms with Crippen LogP contribution < -0.4 is 10.2 Å². The summed E-state index contributed by atoms with van der Waals surface area (Å²) in [6.07, 6.45) is 1.61. The highest BCUT2D eigenvalue weighted by Crippen LogP contribution is 2.24. The average molecular weight is 283 g/mol. The highest BCUT2D eigenvalue weighted by Gasteiger charge is 2.25. The summed E-state index contributed by atoms with van der Waals surface area (Å²) < 4.78 is 0. The minimum absolute atomic E-state index is 0.103. The first kappa shape index (κ1) is 13.7. The fourth-order valence-corrected chi connectivity index (χ4v) is 2.13. The number of aryl methyl sites for hydroxylation is 1. The lowest BCUT2D eigenvalue weighted by molar-refractivity contribution is -0.130. The number of anilines is 1. The van der Waals surface area contributed by atoms with Gasteiger partial charge in [0.05, 0.1) is 13.1 Å². The van der Waals surface area contributed by atoms with Crippen molar-refractivity contribution in [2.45, 2.75) is 26.7 Å². The van der Waals surface area contributed by atoms with Crippen LogP contribution in [0.3, 0.4) is 0 Å². The van der Waals surface area contributed by atoms with Crippen LogP contribution in [0.1, 0.15) is 24.7 Å². The van der Waals surface area contributed by atoms with Gasteiger partial charge in [0.25, 0.3) is 0 Å². The molecule has 0 bridgehead atoms. The molecule has 1 aliphatic rings. The number of carbonyl (C=O) groups excluding carboxylic acids is 2. The van der Waals surface area contributed by atoms with Crippen LogP contribution in [0.15, 0.2) is 0 Å². The second-order valence-electron chi connectivity index (χ2n) is 4.46. The molecule has 0 saturated carbocycles. The topological polar surface area (TPSA) is 75.2 Å². The number of carbonyl (C=O) groups is 2. The summed E-state index contributed by atoms with van der Waals surface area (Å²) in [4.78, 5) is 33.1. The second-order valence-corrected chi connectivity index (χ2v) is 4.81. The van der Waals surface area contributed by atoms with Gasteiger partial charge in [0.1, 0.15) is 16.8 Å². The van der Waals surface area contributed by atoms with E-state index in [1.165, 1.54) is 0 Å². The van der Waals surface area contributed by atoms with Crippen molar-refractivity contribution < 1.29 is 9.59 Å². The molecule has 2 rings (SSSR count). The third kappa shape index (κ3) is 3.01. The number of nitrogens with zero attached hydrogens (tertiary/aromatic N) is 3. The molecule has 19 heavy (non-hydrogen) atoms. The molecule has 2 amide bonds. The highest BCUT2D eigenvalue weighted by atomic mass is 35.5. The maximum atomic E-state index is 11.4. The van der Waals surface area contributed by atoms with Gasteiger partial charge in [-0.25, -0.2) is 9.97 Å². The Labute approximate surface area is 116 Å². The fourth-order valence-electron chi connectivity index (χ4n) is 1.95. The van der Waals surface area contributed by atoms with E-state index < -0.39 is 0 Å². The van der Waals surface area contributed by atoms with Crippen molar-refractivity contribution in [3.8, 4) is 0 Å². The minimum atomic E-state index is -0.331. The molecule has 0 spiro atoms. The van der Waals surface area contributed by atoms with Crippen LogP contribution in [0.2, 0.25) is 5.15 Å². The molecular weight excluding hydrogens is 268 g/mol. The largest absolute Gasteiger partial charge is 0.338 e. The van der Waals surface area contributed by atoms with E-state index >= 15 is 0 Å². The summed E-state index contributed by atoms with van der Waals surface area (Å²) in [7, 11) is 0. The number of piperazine rings is 1. The van der Waals surface area contributed by atoms with Crippen molar-refractivity contribution in [2.24, 2.45) is 0 Å². The van der Waals surface area contributed by atoms with Crippen LogP contribution in [0.4, 0.5) is 5.82 Å². The van der Waals surface area contributed by atoms with Crippen molar-refractivity contribution in [3.05, 3.63) is 16.5 Å². The molecule has 1 aromatic heterocycles. The monoisotopic (exact) mass is 282 g/mol. The van der Waals surface area contributed by atoms with E-state index in [1.54, 1.807) is 11.8 Å². The molecule has 0 atom stereocenters. The summed E-state index contributed by atoms with van der Waals surface area (Å²) in [6, 6.07) is 0. The lowest BCUT2D eigenvalue weighted by Gasteiger charge is -2.28. The third-order valence-corrected chi connectivity index (χ3v) is 3.20. The standard InChI is InChI=1S/C12H15ClN4O2/c1-3-4-8-14-11(13)7(2)12(15-8)17-5-9(18)16-10(19)6-17/h3-6H2,1-2H3,(H,16,18,19). The predicted molar refractivity (Wildman–Crippen MR) is 71.1 cm³/mol. The van der Waals surface area contributed by atoms with Gasteiger partial charge in [-0.3, -0.25) is 14.9 Å².